The molecule has 2 N–H and O–H groups in total. The van der Waals surface area contributed by atoms with E-state index in [9.17, 15) is 0 Å². The first-order chi connectivity index (χ1) is 8.15. The Kier molecular flexibility index (Phi) is 4.18. The number of hydrogen-bond acceptors (Lipinski definition) is 3. The van der Waals surface area contributed by atoms with Crippen LogP contribution in [0.1, 0.15) is 44.7 Å². The van der Waals surface area contributed by atoms with Crippen LogP contribution >= 0.6 is 0 Å². The average Bonchev–Trinajstić information content (AvgIpc) is 2.89. The van der Waals surface area contributed by atoms with Gasteiger partial charge in [0.1, 0.15) is 0 Å². The van der Waals surface area contributed by atoms with Gasteiger partial charge in [-0.3, -0.25) is 4.68 Å². The summed E-state index contributed by atoms with van der Waals surface area (Å²) in [5, 5.41) is 11.4. The van der Waals surface area contributed by atoms with E-state index in [1.165, 1.54) is 31.4 Å². The Bertz CT molecular complexity index is 341. The molecule has 2 heterocycles. The number of aromatic nitrogens is 2. The maximum absolute atomic E-state index is 4.21. The summed E-state index contributed by atoms with van der Waals surface area (Å²) in [5.41, 5.74) is 1.26. The van der Waals surface area contributed by atoms with Gasteiger partial charge in [0, 0.05) is 36.9 Å². The van der Waals surface area contributed by atoms with E-state index < -0.39 is 0 Å². The third kappa shape index (κ3) is 3.54. The van der Waals surface area contributed by atoms with Gasteiger partial charge in [-0.25, -0.2) is 0 Å². The fourth-order valence-electron chi connectivity index (χ4n) is 2.64. The first-order valence-electron chi connectivity index (χ1n) is 6.63. The van der Waals surface area contributed by atoms with Crippen molar-refractivity contribution >= 4 is 0 Å². The first kappa shape index (κ1) is 12.6. The van der Waals surface area contributed by atoms with Crippen LogP contribution in [0, 0.1) is 0 Å². The van der Waals surface area contributed by atoms with E-state index in [0.29, 0.717) is 18.1 Å². The minimum atomic E-state index is 0.375. The molecular formula is C13H24N4. The summed E-state index contributed by atoms with van der Waals surface area (Å²) >= 11 is 0. The van der Waals surface area contributed by atoms with Crippen molar-refractivity contribution in [1.29, 1.82) is 0 Å². The third-order valence-electron chi connectivity index (χ3n) is 3.56. The molecular weight excluding hydrogens is 212 g/mol. The monoisotopic (exact) mass is 236 g/mol. The molecule has 0 saturated carbocycles. The first-order valence-corrected chi connectivity index (χ1v) is 6.63. The van der Waals surface area contributed by atoms with Crippen LogP contribution in [0.15, 0.2) is 12.4 Å². The van der Waals surface area contributed by atoms with Gasteiger partial charge >= 0.3 is 0 Å². The molecule has 0 spiro atoms. The van der Waals surface area contributed by atoms with Crippen LogP contribution in [0.3, 0.4) is 0 Å². The molecule has 1 saturated heterocycles. The highest BCUT2D eigenvalue weighted by atomic mass is 15.2. The Hall–Kier alpha value is -0.870. The highest BCUT2D eigenvalue weighted by molar-refractivity contribution is 5.09. The molecule has 3 unspecified atom stereocenters. The van der Waals surface area contributed by atoms with Gasteiger partial charge in [0.2, 0.25) is 0 Å². The molecule has 0 radical (unpaired) electrons. The Morgan fingerprint density at radius 3 is 3.00 bits per heavy atom. The Morgan fingerprint density at radius 1 is 1.59 bits per heavy atom. The second-order valence-corrected chi connectivity index (χ2v) is 5.27. The van der Waals surface area contributed by atoms with Crippen molar-refractivity contribution in [3.05, 3.63) is 18.0 Å². The number of nitrogens with zero attached hydrogens (tertiary/aromatic N) is 2. The molecule has 1 aromatic heterocycles. The second kappa shape index (κ2) is 5.65. The fraction of sp³-hybridized carbons (Fsp3) is 0.769. The van der Waals surface area contributed by atoms with E-state index in [-0.39, 0.29) is 0 Å². The zero-order chi connectivity index (χ0) is 12.3. The van der Waals surface area contributed by atoms with Crippen molar-refractivity contribution in [3.8, 4) is 0 Å². The van der Waals surface area contributed by atoms with Crippen LogP contribution in [0.2, 0.25) is 0 Å². The zero-order valence-electron chi connectivity index (χ0n) is 11.1. The number of rotatable bonds is 5. The molecule has 1 fully saturated rings. The van der Waals surface area contributed by atoms with Crippen LogP contribution in [-0.4, -0.2) is 28.4 Å². The Balaban J connectivity index is 1.79. The molecule has 4 nitrogen and oxygen atoms in total. The molecule has 0 aliphatic carbocycles. The lowest BCUT2D eigenvalue weighted by molar-refractivity contribution is 0.407. The van der Waals surface area contributed by atoms with E-state index >= 15 is 0 Å². The zero-order valence-corrected chi connectivity index (χ0v) is 11.1. The predicted molar refractivity (Wildman–Crippen MR) is 69.9 cm³/mol. The highest BCUT2D eigenvalue weighted by Gasteiger charge is 2.18. The summed E-state index contributed by atoms with van der Waals surface area (Å²) < 4.78 is 1.86. The maximum Gasteiger partial charge on any atom is 0.0537 e. The van der Waals surface area contributed by atoms with Crippen molar-refractivity contribution in [2.75, 3.05) is 6.54 Å². The second-order valence-electron chi connectivity index (χ2n) is 5.27. The van der Waals surface area contributed by atoms with Gasteiger partial charge in [-0.2, -0.15) is 5.10 Å². The molecule has 2 rings (SSSR count). The average molecular weight is 236 g/mol. The Morgan fingerprint density at radius 2 is 2.41 bits per heavy atom. The summed E-state index contributed by atoms with van der Waals surface area (Å²) in [4.78, 5) is 0. The lowest BCUT2D eigenvalue weighted by atomic mass is 10.1. The van der Waals surface area contributed by atoms with E-state index in [0.717, 1.165) is 0 Å². The minimum Gasteiger partial charge on any atom is -0.314 e. The van der Waals surface area contributed by atoms with E-state index in [1.807, 2.05) is 17.9 Å². The smallest absolute Gasteiger partial charge is 0.0537 e. The molecule has 96 valence electrons. The van der Waals surface area contributed by atoms with Gasteiger partial charge in [0.05, 0.1) is 6.20 Å². The molecule has 1 aliphatic heterocycles. The molecule has 17 heavy (non-hydrogen) atoms. The summed E-state index contributed by atoms with van der Waals surface area (Å²) in [6.45, 7) is 5.66. The number of hydrogen-bond donors (Lipinski definition) is 2. The van der Waals surface area contributed by atoms with Crippen molar-refractivity contribution in [1.82, 2.24) is 20.4 Å². The molecule has 3 atom stereocenters. The maximum atomic E-state index is 4.21. The van der Waals surface area contributed by atoms with Gasteiger partial charge in [-0.1, -0.05) is 0 Å². The lowest BCUT2D eigenvalue weighted by Gasteiger charge is -2.22. The minimum absolute atomic E-state index is 0.375. The summed E-state index contributed by atoms with van der Waals surface area (Å²) in [5.74, 6) is 0. The van der Waals surface area contributed by atoms with Crippen LogP contribution in [0.4, 0.5) is 0 Å². The fourth-order valence-corrected chi connectivity index (χ4v) is 2.64. The molecule has 0 bridgehead atoms. The molecule has 4 heteroatoms. The molecule has 1 aromatic rings. The normalized spacial score (nSPS) is 23.8. The van der Waals surface area contributed by atoms with Gasteiger partial charge in [-0.05, 0) is 39.7 Å². The van der Waals surface area contributed by atoms with Gasteiger partial charge in [0.15, 0.2) is 0 Å². The molecule has 0 aromatic carbocycles. The summed E-state index contributed by atoms with van der Waals surface area (Å²) in [6.07, 6.45) is 7.89. The highest BCUT2D eigenvalue weighted by Crippen LogP contribution is 2.15. The van der Waals surface area contributed by atoms with Gasteiger partial charge in [0.25, 0.3) is 0 Å². The summed E-state index contributed by atoms with van der Waals surface area (Å²) in [6, 6.07) is 1.62. The standard InChI is InChI=1S/C13H24N4/c1-10(7-13-5-4-6-14-13)16-11(2)12-8-15-17(3)9-12/h8-11,13-14,16H,4-7H2,1-3H3. The van der Waals surface area contributed by atoms with Crippen LogP contribution in [-0.2, 0) is 7.05 Å². The lowest BCUT2D eigenvalue weighted by Crippen LogP contribution is -2.35. The van der Waals surface area contributed by atoms with Crippen LogP contribution < -0.4 is 10.6 Å². The van der Waals surface area contributed by atoms with Crippen molar-refractivity contribution in [3.63, 3.8) is 0 Å². The SMILES string of the molecule is CC(CC1CCCN1)NC(C)c1cnn(C)c1. The van der Waals surface area contributed by atoms with E-state index in [4.69, 9.17) is 0 Å². The van der Waals surface area contributed by atoms with Gasteiger partial charge < -0.3 is 10.6 Å². The Labute approximate surface area is 104 Å². The van der Waals surface area contributed by atoms with Crippen LogP contribution in [0.25, 0.3) is 0 Å². The van der Waals surface area contributed by atoms with Crippen molar-refractivity contribution in [2.45, 2.75) is 51.2 Å². The summed E-state index contributed by atoms with van der Waals surface area (Å²) in [7, 11) is 1.96. The quantitative estimate of drug-likeness (QED) is 0.816. The predicted octanol–water partition coefficient (Wildman–Crippen LogP) is 1.60. The number of nitrogens with one attached hydrogen (secondary N) is 2. The topological polar surface area (TPSA) is 41.9 Å². The van der Waals surface area contributed by atoms with Crippen molar-refractivity contribution in [2.24, 2.45) is 7.05 Å². The number of aryl methyl sites for hydroxylation is 1. The van der Waals surface area contributed by atoms with Crippen molar-refractivity contribution < 1.29 is 0 Å². The van der Waals surface area contributed by atoms with E-state index in [2.05, 4.69) is 35.8 Å². The molecule has 1 aliphatic rings. The molecule has 0 amide bonds. The van der Waals surface area contributed by atoms with Gasteiger partial charge in [-0.15, -0.1) is 0 Å². The third-order valence-corrected chi connectivity index (χ3v) is 3.56. The largest absolute Gasteiger partial charge is 0.314 e. The van der Waals surface area contributed by atoms with Crippen LogP contribution in [0.5, 0.6) is 0 Å². The van der Waals surface area contributed by atoms with E-state index in [1.54, 1.807) is 0 Å².